The van der Waals surface area contributed by atoms with Gasteiger partial charge in [0.15, 0.2) is 6.61 Å². The van der Waals surface area contributed by atoms with Crippen molar-refractivity contribution < 1.29 is 19.1 Å². The third kappa shape index (κ3) is 5.08. The number of nitrogens with zero attached hydrogens (tertiary/aromatic N) is 2. The van der Waals surface area contributed by atoms with Gasteiger partial charge in [0.05, 0.1) is 25.2 Å². The van der Waals surface area contributed by atoms with Crippen LogP contribution in [0.1, 0.15) is 25.3 Å². The van der Waals surface area contributed by atoms with Gasteiger partial charge in [-0.2, -0.15) is 0 Å². The van der Waals surface area contributed by atoms with Crippen LogP contribution in [0.5, 0.6) is 5.75 Å². The van der Waals surface area contributed by atoms with Gasteiger partial charge >= 0.3 is 0 Å². The third-order valence-electron chi connectivity index (χ3n) is 6.17. The summed E-state index contributed by atoms with van der Waals surface area (Å²) in [6, 6.07) is 7.90. The van der Waals surface area contributed by atoms with Crippen LogP contribution in [0.4, 0.5) is 0 Å². The van der Waals surface area contributed by atoms with E-state index in [1.165, 1.54) is 0 Å². The summed E-state index contributed by atoms with van der Waals surface area (Å²) >= 11 is 0. The number of nitrogens with one attached hydrogen (secondary N) is 1. The standard InChI is InChI=1S/C22H31N3O4/c1-16-6-8-25(9-7-16)21(26)15-29-20-5-3-2-4-17(20)10-24-11-18-13-28-14-19(12-24)23-22(18)27/h2-5,16,18-19H,6-15H2,1H3,(H,23,27)/t18-,19+/m1/s1. The molecule has 0 unspecified atom stereocenters. The zero-order valence-electron chi connectivity index (χ0n) is 17.1. The lowest BCUT2D eigenvalue weighted by molar-refractivity contribution is -0.134. The lowest BCUT2D eigenvalue weighted by Gasteiger charge is -2.30. The summed E-state index contributed by atoms with van der Waals surface area (Å²) in [4.78, 5) is 28.9. The Morgan fingerprint density at radius 1 is 1.21 bits per heavy atom. The minimum absolute atomic E-state index is 0.0196. The van der Waals surface area contributed by atoms with Crippen LogP contribution in [-0.4, -0.2) is 73.7 Å². The first-order valence-electron chi connectivity index (χ1n) is 10.7. The molecule has 7 heteroatoms. The van der Waals surface area contributed by atoms with E-state index in [9.17, 15) is 9.59 Å². The van der Waals surface area contributed by atoms with Gasteiger partial charge in [-0.15, -0.1) is 0 Å². The topological polar surface area (TPSA) is 71.1 Å². The summed E-state index contributed by atoms with van der Waals surface area (Å²) in [7, 11) is 0. The van der Waals surface area contributed by atoms with Crippen LogP contribution in [0, 0.1) is 11.8 Å². The van der Waals surface area contributed by atoms with E-state index in [-0.39, 0.29) is 30.4 Å². The van der Waals surface area contributed by atoms with E-state index >= 15 is 0 Å². The molecule has 2 atom stereocenters. The van der Waals surface area contributed by atoms with Crippen LogP contribution in [0.2, 0.25) is 0 Å². The van der Waals surface area contributed by atoms with Gasteiger partial charge in [-0.25, -0.2) is 0 Å². The van der Waals surface area contributed by atoms with Crippen molar-refractivity contribution in [1.29, 1.82) is 0 Å². The Kier molecular flexibility index (Phi) is 6.35. The molecular weight excluding hydrogens is 370 g/mol. The van der Waals surface area contributed by atoms with Crippen molar-refractivity contribution in [3.63, 3.8) is 0 Å². The maximum Gasteiger partial charge on any atom is 0.260 e. The van der Waals surface area contributed by atoms with Gasteiger partial charge in [0.2, 0.25) is 5.91 Å². The van der Waals surface area contributed by atoms with Crippen LogP contribution in [0.15, 0.2) is 24.3 Å². The van der Waals surface area contributed by atoms with E-state index in [1.807, 2.05) is 29.2 Å². The molecule has 1 aromatic rings. The van der Waals surface area contributed by atoms with Crippen LogP contribution in [-0.2, 0) is 20.9 Å². The molecule has 0 saturated carbocycles. The predicted octanol–water partition coefficient (Wildman–Crippen LogP) is 1.27. The lowest BCUT2D eigenvalue weighted by Crippen LogP contribution is -2.42. The molecule has 0 spiro atoms. The van der Waals surface area contributed by atoms with Crippen molar-refractivity contribution in [3.05, 3.63) is 29.8 Å². The Morgan fingerprint density at radius 2 is 2.00 bits per heavy atom. The normalized spacial score (nSPS) is 26.0. The van der Waals surface area contributed by atoms with Crippen molar-refractivity contribution in [2.45, 2.75) is 32.4 Å². The minimum atomic E-state index is -0.140. The average Bonchev–Trinajstić information content (AvgIpc) is 2.96. The highest BCUT2D eigenvalue weighted by Gasteiger charge is 2.33. The molecule has 0 aromatic heterocycles. The molecule has 2 amide bonds. The summed E-state index contributed by atoms with van der Waals surface area (Å²) in [5.74, 6) is 1.44. The number of rotatable bonds is 5. The quantitative estimate of drug-likeness (QED) is 0.805. The molecule has 158 valence electrons. The number of ether oxygens (including phenoxy) is 2. The molecule has 29 heavy (non-hydrogen) atoms. The fourth-order valence-electron chi connectivity index (χ4n) is 4.35. The minimum Gasteiger partial charge on any atom is -0.483 e. The first-order chi connectivity index (χ1) is 14.1. The summed E-state index contributed by atoms with van der Waals surface area (Å²) in [5.41, 5.74) is 1.04. The number of hydrogen-bond donors (Lipinski definition) is 1. The number of fused-ring (bicyclic) bond motifs is 3. The molecule has 3 aliphatic heterocycles. The summed E-state index contributed by atoms with van der Waals surface area (Å²) in [6.45, 7) is 7.09. The SMILES string of the molecule is CC1CCN(C(=O)COc2ccccc2CN2C[C@H]3COC[C@@H](C2)C(=O)N3)CC1. The highest BCUT2D eigenvalue weighted by atomic mass is 16.5. The monoisotopic (exact) mass is 401 g/mol. The molecule has 2 bridgehead atoms. The number of amides is 2. The Morgan fingerprint density at radius 3 is 2.83 bits per heavy atom. The number of carbonyl (C=O) groups excluding carboxylic acids is 2. The maximum atomic E-state index is 12.5. The van der Waals surface area contributed by atoms with Crippen molar-refractivity contribution in [1.82, 2.24) is 15.1 Å². The zero-order chi connectivity index (χ0) is 20.2. The molecular formula is C22H31N3O4. The molecule has 0 radical (unpaired) electrons. The fraction of sp³-hybridized carbons (Fsp3) is 0.636. The molecule has 1 aromatic carbocycles. The van der Waals surface area contributed by atoms with E-state index in [0.717, 1.165) is 43.8 Å². The highest BCUT2D eigenvalue weighted by Crippen LogP contribution is 2.23. The molecule has 7 nitrogen and oxygen atoms in total. The Labute approximate surface area is 172 Å². The molecule has 4 rings (SSSR count). The molecule has 3 fully saturated rings. The van der Waals surface area contributed by atoms with Gasteiger partial charge in [0, 0.05) is 38.3 Å². The average molecular weight is 402 g/mol. The molecule has 1 N–H and O–H groups in total. The van der Waals surface area contributed by atoms with E-state index in [2.05, 4.69) is 17.1 Å². The van der Waals surface area contributed by atoms with Gasteiger partial charge in [-0.05, 0) is 24.8 Å². The van der Waals surface area contributed by atoms with Gasteiger partial charge in [-0.1, -0.05) is 25.1 Å². The van der Waals surface area contributed by atoms with Gasteiger partial charge < -0.3 is 19.7 Å². The summed E-state index contributed by atoms with van der Waals surface area (Å²) in [5, 5.41) is 3.06. The molecule has 3 aliphatic rings. The summed E-state index contributed by atoms with van der Waals surface area (Å²) < 4.78 is 11.5. The molecule has 0 aliphatic carbocycles. The Bertz CT molecular complexity index is 733. The van der Waals surface area contributed by atoms with Crippen molar-refractivity contribution in [2.75, 3.05) is 46.0 Å². The van der Waals surface area contributed by atoms with E-state index in [4.69, 9.17) is 9.47 Å². The Hall–Kier alpha value is -2.12. The Balaban J connectivity index is 1.37. The van der Waals surface area contributed by atoms with Crippen LogP contribution in [0.25, 0.3) is 0 Å². The van der Waals surface area contributed by atoms with Crippen molar-refractivity contribution >= 4 is 11.8 Å². The smallest absolute Gasteiger partial charge is 0.260 e. The zero-order valence-corrected chi connectivity index (χ0v) is 17.1. The number of para-hydroxylation sites is 1. The number of likely N-dealkylation sites (tertiary alicyclic amines) is 1. The van der Waals surface area contributed by atoms with Crippen LogP contribution >= 0.6 is 0 Å². The fourth-order valence-corrected chi connectivity index (χ4v) is 4.35. The van der Waals surface area contributed by atoms with Crippen LogP contribution in [0.3, 0.4) is 0 Å². The van der Waals surface area contributed by atoms with Crippen molar-refractivity contribution in [2.24, 2.45) is 11.8 Å². The maximum absolute atomic E-state index is 12.5. The number of hydrogen-bond acceptors (Lipinski definition) is 5. The summed E-state index contributed by atoms with van der Waals surface area (Å²) in [6.07, 6.45) is 2.13. The molecule has 3 heterocycles. The second-order valence-electron chi connectivity index (χ2n) is 8.59. The van der Waals surface area contributed by atoms with Gasteiger partial charge in [0.1, 0.15) is 5.75 Å². The predicted molar refractivity (Wildman–Crippen MR) is 108 cm³/mol. The van der Waals surface area contributed by atoms with Crippen molar-refractivity contribution in [3.8, 4) is 5.75 Å². The highest BCUT2D eigenvalue weighted by molar-refractivity contribution is 5.80. The second kappa shape index (κ2) is 9.13. The van der Waals surface area contributed by atoms with Gasteiger partial charge in [0.25, 0.3) is 5.91 Å². The van der Waals surface area contributed by atoms with E-state index in [0.29, 0.717) is 32.2 Å². The van der Waals surface area contributed by atoms with E-state index in [1.54, 1.807) is 0 Å². The second-order valence-corrected chi connectivity index (χ2v) is 8.59. The van der Waals surface area contributed by atoms with E-state index < -0.39 is 0 Å². The molecule has 3 saturated heterocycles. The van der Waals surface area contributed by atoms with Crippen LogP contribution < -0.4 is 10.1 Å². The first-order valence-corrected chi connectivity index (χ1v) is 10.7. The lowest BCUT2D eigenvalue weighted by atomic mass is 9.99. The number of piperidine rings is 1. The number of carbonyl (C=O) groups is 2. The third-order valence-corrected chi connectivity index (χ3v) is 6.17. The first kappa shape index (κ1) is 20.2. The number of benzene rings is 1. The largest absolute Gasteiger partial charge is 0.483 e. The van der Waals surface area contributed by atoms with Gasteiger partial charge in [-0.3, -0.25) is 14.5 Å².